The Balaban J connectivity index is 1.59. The normalized spacial score (nSPS) is 19.7. The molecule has 0 radical (unpaired) electrons. The monoisotopic (exact) mass is 483 g/mol. The highest BCUT2D eigenvalue weighted by atomic mass is 32.2. The van der Waals surface area contributed by atoms with Gasteiger partial charge in [0.15, 0.2) is 0 Å². The first kappa shape index (κ1) is 24.4. The molecule has 0 aromatic heterocycles. The number of fused-ring (bicyclic) bond motifs is 1. The van der Waals surface area contributed by atoms with Crippen LogP contribution in [0.3, 0.4) is 0 Å². The van der Waals surface area contributed by atoms with Crippen LogP contribution in [0.5, 0.6) is 0 Å². The first-order valence-corrected chi connectivity index (χ1v) is 13.4. The van der Waals surface area contributed by atoms with Crippen molar-refractivity contribution < 1.29 is 18.0 Å². The van der Waals surface area contributed by atoms with Gasteiger partial charge >= 0.3 is 0 Å². The van der Waals surface area contributed by atoms with Crippen molar-refractivity contribution in [3.05, 3.63) is 59.7 Å². The van der Waals surface area contributed by atoms with Crippen molar-refractivity contribution in [1.82, 2.24) is 9.62 Å². The van der Waals surface area contributed by atoms with Crippen LogP contribution in [-0.2, 0) is 32.5 Å². The van der Waals surface area contributed by atoms with Crippen molar-refractivity contribution in [2.75, 3.05) is 18.0 Å². The molecule has 2 unspecified atom stereocenters. The minimum Gasteiger partial charge on any atom is -0.341 e. The molecule has 2 amide bonds. The summed E-state index contributed by atoms with van der Waals surface area (Å²) in [6, 6.07) is 13.4. The largest absolute Gasteiger partial charge is 0.341 e. The summed E-state index contributed by atoms with van der Waals surface area (Å²) in [4.78, 5) is 29.0. The number of carbonyl (C=O) groups excluding carboxylic acids is 2. The second-order valence-corrected chi connectivity index (χ2v) is 11.3. The molecule has 0 bridgehead atoms. The minimum absolute atomic E-state index is 0.0210. The second kappa shape index (κ2) is 9.88. The van der Waals surface area contributed by atoms with Crippen LogP contribution < -0.4 is 9.62 Å². The van der Waals surface area contributed by atoms with Gasteiger partial charge in [-0.3, -0.25) is 9.59 Å². The van der Waals surface area contributed by atoms with Gasteiger partial charge in [0.1, 0.15) is 6.04 Å². The van der Waals surface area contributed by atoms with E-state index in [-0.39, 0.29) is 29.2 Å². The summed E-state index contributed by atoms with van der Waals surface area (Å²) < 4.78 is 29.5. The number of amides is 2. The highest BCUT2D eigenvalue weighted by Crippen LogP contribution is 2.34. The lowest BCUT2D eigenvalue weighted by Gasteiger charge is -2.33. The Labute approximate surface area is 202 Å². The van der Waals surface area contributed by atoms with Crippen LogP contribution in [0.25, 0.3) is 0 Å². The van der Waals surface area contributed by atoms with Gasteiger partial charge < -0.3 is 9.80 Å². The molecule has 2 atom stereocenters. The first-order chi connectivity index (χ1) is 16.2. The van der Waals surface area contributed by atoms with Crippen molar-refractivity contribution in [2.24, 2.45) is 5.92 Å². The molecule has 1 saturated heterocycles. The molecule has 2 aromatic rings. The van der Waals surface area contributed by atoms with Crippen LogP contribution in [0.4, 0.5) is 5.69 Å². The van der Waals surface area contributed by atoms with Crippen molar-refractivity contribution in [1.29, 1.82) is 0 Å². The van der Waals surface area contributed by atoms with Crippen LogP contribution >= 0.6 is 0 Å². The molecule has 34 heavy (non-hydrogen) atoms. The number of piperidine rings is 1. The standard InChI is InChI=1S/C26H33N3O4S/c1-18-11-13-28(14-12-18)26(31)24(16-21-7-5-4-6-8-21)27-34(32,33)23-9-10-25-22(17-23)15-19(2)29(25)20(3)30/h4-10,17-19,24,27H,11-16H2,1-3H3. The Morgan fingerprint density at radius 2 is 1.74 bits per heavy atom. The number of sulfonamides is 1. The smallest absolute Gasteiger partial charge is 0.241 e. The minimum atomic E-state index is -3.95. The average Bonchev–Trinajstić information content (AvgIpc) is 3.14. The van der Waals surface area contributed by atoms with Gasteiger partial charge in [-0.05, 0) is 67.9 Å². The van der Waals surface area contributed by atoms with E-state index in [2.05, 4.69) is 11.6 Å². The second-order valence-electron chi connectivity index (χ2n) is 9.60. The van der Waals surface area contributed by atoms with Gasteiger partial charge in [0.2, 0.25) is 21.8 Å². The van der Waals surface area contributed by atoms with E-state index in [0.29, 0.717) is 25.4 Å². The lowest BCUT2D eigenvalue weighted by Crippen LogP contribution is -2.51. The lowest BCUT2D eigenvalue weighted by atomic mass is 9.98. The Morgan fingerprint density at radius 1 is 1.06 bits per heavy atom. The summed E-state index contributed by atoms with van der Waals surface area (Å²) in [6.45, 7) is 6.92. The van der Waals surface area contributed by atoms with Gasteiger partial charge in [0, 0.05) is 31.7 Å². The molecule has 2 aliphatic heterocycles. The molecule has 1 N–H and O–H groups in total. The molecule has 1 fully saturated rings. The van der Waals surface area contributed by atoms with Crippen molar-refractivity contribution in [3.8, 4) is 0 Å². The topological polar surface area (TPSA) is 86.8 Å². The zero-order valence-electron chi connectivity index (χ0n) is 20.0. The maximum Gasteiger partial charge on any atom is 0.241 e. The van der Waals surface area contributed by atoms with Gasteiger partial charge in [-0.25, -0.2) is 8.42 Å². The molecular formula is C26H33N3O4S. The number of hydrogen-bond acceptors (Lipinski definition) is 4. The molecule has 8 heteroatoms. The van der Waals surface area contributed by atoms with Gasteiger partial charge in [-0.1, -0.05) is 37.3 Å². The quantitative estimate of drug-likeness (QED) is 0.684. The molecule has 0 saturated carbocycles. The molecule has 0 aliphatic carbocycles. The third kappa shape index (κ3) is 5.18. The molecule has 0 spiro atoms. The van der Waals surface area contributed by atoms with Gasteiger partial charge in [0.25, 0.3) is 0 Å². The highest BCUT2D eigenvalue weighted by Gasteiger charge is 2.33. The van der Waals surface area contributed by atoms with Crippen LogP contribution in [0.2, 0.25) is 0 Å². The van der Waals surface area contributed by atoms with Gasteiger partial charge in [-0.15, -0.1) is 0 Å². The Morgan fingerprint density at radius 3 is 2.38 bits per heavy atom. The number of benzene rings is 2. The molecule has 2 aliphatic rings. The fourth-order valence-corrected chi connectivity index (χ4v) is 6.23. The molecular weight excluding hydrogens is 450 g/mol. The first-order valence-electron chi connectivity index (χ1n) is 11.9. The van der Waals surface area contributed by atoms with Crippen LogP contribution in [0.15, 0.2) is 53.4 Å². The summed E-state index contributed by atoms with van der Waals surface area (Å²) in [7, 11) is -3.95. The Kier molecular flexibility index (Phi) is 7.09. The third-order valence-electron chi connectivity index (χ3n) is 6.89. The van der Waals surface area contributed by atoms with E-state index in [9.17, 15) is 18.0 Å². The zero-order chi connectivity index (χ0) is 24.5. The summed E-state index contributed by atoms with van der Waals surface area (Å²) in [5.41, 5.74) is 2.47. The number of rotatable bonds is 6. The van der Waals surface area contributed by atoms with Crippen molar-refractivity contribution in [3.63, 3.8) is 0 Å². The summed E-state index contributed by atoms with van der Waals surface area (Å²) in [5, 5.41) is 0. The highest BCUT2D eigenvalue weighted by molar-refractivity contribution is 7.89. The molecule has 2 aromatic carbocycles. The van der Waals surface area contributed by atoms with E-state index >= 15 is 0 Å². The van der Waals surface area contributed by atoms with Crippen molar-refractivity contribution in [2.45, 2.75) is 63.4 Å². The Bertz CT molecular complexity index is 1160. The van der Waals surface area contributed by atoms with E-state index in [1.807, 2.05) is 37.3 Å². The number of hydrogen-bond donors (Lipinski definition) is 1. The van der Waals surface area contributed by atoms with Gasteiger partial charge in [-0.2, -0.15) is 4.72 Å². The number of likely N-dealkylation sites (tertiary alicyclic amines) is 1. The number of nitrogens with zero attached hydrogens (tertiary/aromatic N) is 2. The number of carbonyl (C=O) groups is 2. The van der Waals surface area contributed by atoms with E-state index in [1.54, 1.807) is 21.9 Å². The van der Waals surface area contributed by atoms with E-state index < -0.39 is 16.1 Å². The SMILES string of the molecule is CC(=O)N1c2ccc(S(=O)(=O)NC(Cc3ccccc3)C(=O)N3CCC(C)CC3)cc2CC1C. The lowest BCUT2D eigenvalue weighted by molar-refractivity contribution is -0.134. The molecule has 4 rings (SSSR count). The third-order valence-corrected chi connectivity index (χ3v) is 8.36. The van der Waals surface area contributed by atoms with Gasteiger partial charge in [0.05, 0.1) is 4.90 Å². The molecule has 2 heterocycles. The Hall–Kier alpha value is -2.71. The van der Waals surface area contributed by atoms with E-state index in [1.165, 1.54) is 13.0 Å². The number of anilines is 1. The summed E-state index contributed by atoms with van der Waals surface area (Å²) in [6.07, 6.45) is 2.72. The fraction of sp³-hybridized carbons (Fsp3) is 0.462. The van der Waals surface area contributed by atoms with Crippen LogP contribution in [0, 0.1) is 5.92 Å². The predicted octanol–water partition coefficient (Wildman–Crippen LogP) is 3.13. The number of nitrogens with one attached hydrogen (secondary N) is 1. The predicted molar refractivity (Wildman–Crippen MR) is 132 cm³/mol. The van der Waals surface area contributed by atoms with E-state index in [4.69, 9.17) is 0 Å². The maximum atomic E-state index is 13.4. The maximum absolute atomic E-state index is 13.4. The average molecular weight is 484 g/mol. The summed E-state index contributed by atoms with van der Waals surface area (Å²) in [5.74, 6) is 0.318. The molecule has 7 nitrogen and oxygen atoms in total. The van der Waals surface area contributed by atoms with Crippen LogP contribution in [-0.4, -0.2) is 50.3 Å². The molecule has 182 valence electrons. The zero-order valence-corrected chi connectivity index (χ0v) is 20.8. The van der Waals surface area contributed by atoms with Crippen molar-refractivity contribution >= 4 is 27.5 Å². The summed E-state index contributed by atoms with van der Waals surface area (Å²) >= 11 is 0. The van der Waals surface area contributed by atoms with Crippen LogP contribution in [0.1, 0.15) is 44.7 Å². The fourth-order valence-electron chi connectivity index (χ4n) is 4.99. The van der Waals surface area contributed by atoms with E-state index in [0.717, 1.165) is 29.7 Å².